The van der Waals surface area contributed by atoms with Crippen molar-refractivity contribution in [3.05, 3.63) is 35.1 Å². The highest BCUT2D eigenvalue weighted by Gasteiger charge is 2.35. The number of halogens is 4. The predicted octanol–water partition coefficient (Wildman–Crippen LogP) is 3.76. The van der Waals surface area contributed by atoms with Crippen molar-refractivity contribution in [3.63, 3.8) is 0 Å². The molecule has 0 unspecified atom stereocenters. The second kappa shape index (κ2) is 7.19. The minimum Gasteiger partial charge on any atom is -0.466 e. The molecule has 0 aliphatic rings. The van der Waals surface area contributed by atoms with Gasteiger partial charge in [0.1, 0.15) is 5.82 Å². The van der Waals surface area contributed by atoms with E-state index in [0.29, 0.717) is 6.42 Å². The van der Waals surface area contributed by atoms with Crippen LogP contribution in [0.25, 0.3) is 0 Å². The molecule has 0 heterocycles. The maximum absolute atomic E-state index is 12.9. The Kier molecular flexibility index (Phi) is 5.87. The van der Waals surface area contributed by atoms with E-state index in [2.05, 4.69) is 0 Å². The summed E-state index contributed by atoms with van der Waals surface area (Å²) in [6.07, 6.45) is -4.96. The summed E-state index contributed by atoms with van der Waals surface area (Å²) in [5, 5.41) is 0. The minimum absolute atomic E-state index is 0.192. The summed E-state index contributed by atoms with van der Waals surface area (Å²) < 4.78 is 55.9. The average molecular weight is 306 g/mol. The van der Waals surface area contributed by atoms with Crippen LogP contribution in [0.15, 0.2) is 18.2 Å². The number of Topliss-reactive ketones (excluding diaryl/α,β-unsaturated/α-hetero) is 1. The molecular formula is C14H14F4O3. The van der Waals surface area contributed by atoms with Gasteiger partial charge in [-0.05, 0) is 24.6 Å². The van der Waals surface area contributed by atoms with Crippen LogP contribution in [0.2, 0.25) is 0 Å². The predicted molar refractivity (Wildman–Crippen MR) is 66.2 cm³/mol. The zero-order chi connectivity index (χ0) is 16.0. The average Bonchev–Trinajstić information content (AvgIpc) is 2.41. The van der Waals surface area contributed by atoms with E-state index < -0.39 is 41.3 Å². The van der Waals surface area contributed by atoms with E-state index in [1.165, 1.54) is 0 Å². The normalized spacial score (nSPS) is 11.3. The van der Waals surface area contributed by atoms with E-state index in [9.17, 15) is 27.2 Å². The van der Waals surface area contributed by atoms with Gasteiger partial charge in [0.05, 0.1) is 18.6 Å². The fourth-order valence-corrected chi connectivity index (χ4v) is 1.63. The highest BCUT2D eigenvalue weighted by atomic mass is 19.4. The topological polar surface area (TPSA) is 43.4 Å². The number of hydrogen-bond acceptors (Lipinski definition) is 3. The molecule has 116 valence electrons. The third-order valence-corrected chi connectivity index (χ3v) is 2.61. The SMILES string of the molecule is CCCOC(=O)CCC(=O)c1ccc(F)cc1C(F)(F)F. The summed E-state index contributed by atoms with van der Waals surface area (Å²) in [5.41, 5.74) is -1.98. The second-order valence-electron chi connectivity index (χ2n) is 4.33. The van der Waals surface area contributed by atoms with Crippen LogP contribution in [0.5, 0.6) is 0 Å². The van der Waals surface area contributed by atoms with Gasteiger partial charge >= 0.3 is 12.1 Å². The van der Waals surface area contributed by atoms with Crippen LogP contribution in [-0.4, -0.2) is 18.4 Å². The van der Waals surface area contributed by atoms with Gasteiger partial charge in [-0.1, -0.05) is 6.92 Å². The van der Waals surface area contributed by atoms with Crippen LogP contribution in [0, 0.1) is 5.82 Å². The zero-order valence-corrected chi connectivity index (χ0v) is 11.3. The van der Waals surface area contributed by atoms with Gasteiger partial charge in [0.2, 0.25) is 0 Å². The van der Waals surface area contributed by atoms with Gasteiger partial charge in [-0.2, -0.15) is 13.2 Å². The lowest BCUT2D eigenvalue weighted by molar-refractivity contribution is -0.143. The highest BCUT2D eigenvalue weighted by molar-refractivity contribution is 5.99. The van der Waals surface area contributed by atoms with E-state index in [1.54, 1.807) is 6.92 Å². The standard InChI is InChI=1S/C14H14F4O3/c1-2-7-21-13(20)6-5-12(19)10-4-3-9(15)8-11(10)14(16,17)18/h3-4,8H,2,5-7H2,1H3. The largest absolute Gasteiger partial charge is 0.466 e. The summed E-state index contributed by atoms with van der Waals surface area (Å²) in [6, 6.07) is 1.82. The number of esters is 1. The van der Waals surface area contributed by atoms with Gasteiger partial charge in [0, 0.05) is 12.0 Å². The maximum Gasteiger partial charge on any atom is 0.417 e. The quantitative estimate of drug-likeness (QED) is 0.456. The molecule has 1 aromatic rings. The van der Waals surface area contributed by atoms with E-state index in [1.807, 2.05) is 0 Å². The number of benzene rings is 1. The summed E-state index contributed by atoms with van der Waals surface area (Å²) in [7, 11) is 0. The number of rotatable bonds is 6. The van der Waals surface area contributed by atoms with Crippen molar-refractivity contribution >= 4 is 11.8 Å². The second-order valence-corrected chi connectivity index (χ2v) is 4.33. The number of hydrogen-bond donors (Lipinski definition) is 0. The Morgan fingerprint density at radius 2 is 1.86 bits per heavy atom. The maximum atomic E-state index is 12.9. The Labute approximate surface area is 118 Å². The summed E-state index contributed by atoms with van der Waals surface area (Å²) in [5.74, 6) is -2.61. The lowest BCUT2D eigenvalue weighted by Crippen LogP contribution is -2.15. The van der Waals surface area contributed by atoms with Crippen LogP contribution in [0.3, 0.4) is 0 Å². The molecule has 1 aromatic carbocycles. The number of carbonyl (C=O) groups is 2. The first-order valence-electron chi connectivity index (χ1n) is 6.31. The molecular weight excluding hydrogens is 292 g/mol. The van der Waals surface area contributed by atoms with Gasteiger partial charge < -0.3 is 4.74 Å². The Bertz CT molecular complexity index is 523. The molecule has 0 bridgehead atoms. The van der Waals surface area contributed by atoms with Crippen LogP contribution in [0.4, 0.5) is 17.6 Å². The number of alkyl halides is 3. The van der Waals surface area contributed by atoms with Crippen LogP contribution in [0.1, 0.15) is 42.1 Å². The van der Waals surface area contributed by atoms with Crippen molar-refractivity contribution in [1.29, 1.82) is 0 Å². The molecule has 0 aliphatic heterocycles. The minimum atomic E-state index is -4.84. The lowest BCUT2D eigenvalue weighted by Gasteiger charge is -2.12. The first kappa shape index (κ1) is 17.1. The third kappa shape index (κ3) is 5.17. The molecule has 0 N–H and O–H groups in total. The fourth-order valence-electron chi connectivity index (χ4n) is 1.63. The van der Waals surface area contributed by atoms with Crippen LogP contribution in [-0.2, 0) is 15.7 Å². The van der Waals surface area contributed by atoms with Crippen molar-refractivity contribution < 1.29 is 31.9 Å². The van der Waals surface area contributed by atoms with Gasteiger partial charge in [-0.15, -0.1) is 0 Å². The highest BCUT2D eigenvalue weighted by Crippen LogP contribution is 2.33. The Morgan fingerprint density at radius 3 is 2.43 bits per heavy atom. The Hall–Kier alpha value is -1.92. The van der Waals surface area contributed by atoms with Gasteiger partial charge in [0.15, 0.2) is 5.78 Å². The van der Waals surface area contributed by atoms with Crippen molar-refractivity contribution in [3.8, 4) is 0 Å². The van der Waals surface area contributed by atoms with E-state index in [-0.39, 0.29) is 19.1 Å². The van der Waals surface area contributed by atoms with Crippen LogP contribution < -0.4 is 0 Å². The molecule has 3 nitrogen and oxygen atoms in total. The molecule has 0 amide bonds. The van der Waals surface area contributed by atoms with E-state index in [0.717, 1.165) is 12.1 Å². The zero-order valence-electron chi connectivity index (χ0n) is 11.3. The van der Waals surface area contributed by atoms with Gasteiger partial charge in [-0.3, -0.25) is 9.59 Å². The Balaban J connectivity index is 2.81. The van der Waals surface area contributed by atoms with Crippen molar-refractivity contribution in [2.75, 3.05) is 6.61 Å². The third-order valence-electron chi connectivity index (χ3n) is 2.61. The molecule has 0 radical (unpaired) electrons. The molecule has 7 heteroatoms. The molecule has 0 atom stereocenters. The molecule has 0 aliphatic carbocycles. The molecule has 0 saturated carbocycles. The molecule has 1 rings (SSSR count). The fraction of sp³-hybridized carbons (Fsp3) is 0.429. The van der Waals surface area contributed by atoms with Crippen molar-refractivity contribution in [2.24, 2.45) is 0 Å². The Morgan fingerprint density at radius 1 is 1.19 bits per heavy atom. The molecule has 0 saturated heterocycles. The van der Waals surface area contributed by atoms with Crippen LogP contribution >= 0.6 is 0 Å². The van der Waals surface area contributed by atoms with Gasteiger partial charge in [0.25, 0.3) is 0 Å². The van der Waals surface area contributed by atoms with Crippen molar-refractivity contribution in [2.45, 2.75) is 32.4 Å². The number of ketones is 1. The van der Waals surface area contributed by atoms with Gasteiger partial charge in [-0.25, -0.2) is 4.39 Å². The number of carbonyl (C=O) groups excluding carboxylic acids is 2. The summed E-state index contributed by atoms with van der Waals surface area (Å²) in [4.78, 5) is 23.0. The molecule has 0 aromatic heterocycles. The molecule has 0 fully saturated rings. The smallest absolute Gasteiger partial charge is 0.417 e. The summed E-state index contributed by atoms with van der Waals surface area (Å²) >= 11 is 0. The molecule has 0 spiro atoms. The van der Waals surface area contributed by atoms with Crippen molar-refractivity contribution in [1.82, 2.24) is 0 Å². The first-order valence-corrected chi connectivity index (χ1v) is 6.31. The monoisotopic (exact) mass is 306 g/mol. The lowest BCUT2D eigenvalue weighted by atomic mass is 10.00. The number of ether oxygens (including phenoxy) is 1. The first-order chi connectivity index (χ1) is 9.75. The van der Waals surface area contributed by atoms with E-state index >= 15 is 0 Å². The molecule has 21 heavy (non-hydrogen) atoms. The summed E-state index contributed by atoms with van der Waals surface area (Å²) in [6.45, 7) is 1.98. The van der Waals surface area contributed by atoms with E-state index in [4.69, 9.17) is 4.74 Å².